The number of amides is 1. The normalized spacial score (nSPS) is 11.6. The van der Waals surface area contributed by atoms with Crippen molar-refractivity contribution in [1.82, 2.24) is 10.2 Å². The molecule has 1 rings (SSSR count). The van der Waals surface area contributed by atoms with Crippen molar-refractivity contribution in [3.8, 4) is 0 Å². The first-order valence-electron chi connectivity index (χ1n) is 6.78. The van der Waals surface area contributed by atoms with Crippen molar-refractivity contribution in [3.05, 3.63) is 29.3 Å². The van der Waals surface area contributed by atoms with Crippen molar-refractivity contribution < 1.29 is 13.2 Å². The minimum Gasteiger partial charge on any atom is -0.355 e. The van der Waals surface area contributed by atoms with E-state index in [0.717, 1.165) is 6.42 Å². The lowest BCUT2D eigenvalue weighted by atomic mass is 10.4. The summed E-state index contributed by atoms with van der Waals surface area (Å²) < 4.78 is 24.3. The SMILES string of the molecule is CCCNC(=O)CN(C)CCS(=O)(=O)c1ccc(Cl)cc1. The lowest BCUT2D eigenvalue weighted by Crippen LogP contribution is -2.37. The topological polar surface area (TPSA) is 66.5 Å². The summed E-state index contributed by atoms with van der Waals surface area (Å²) >= 11 is 5.74. The number of nitrogens with one attached hydrogen (secondary N) is 1. The molecule has 7 heteroatoms. The third kappa shape index (κ3) is 6.46. The molecule has 1 amide bonds. The predicted molar refractivity (Wildman–Crippen MR) is 84.3 cm³/mol. The van der Waals surface area contributed by atoms with Gasteiger partial charge in [0.25, 0.3) is 0 Å². The maximum absolute atomic E-state index is 12.1. The van der Waals surface area contributed by atoms with Crippen molar-refractivity contribution in [3.63, 3.8) is 0 Å². The summed E-state index contributed by atoms with van der Waals surface area (Å²) in [6.07, 6.45) is 0.875. The number of sulfone groups is 1. The second-order valence-electron chi connectivity index (χ2n) is 4.86. The van der Waals surface area contributed by atoms with E-state index in [4.69, 9.17) is 11.6 Å². The van der Waals surface area contributed by atoms with Crippen LogP contribution in [0.5, 0.6) is 0 Å². The average Bonchev–Trinajstić information content (AvgIpc) is 2.43. The van der Waals surface area contributed by atoms with Gasteiger partial charge in [0.05, 0.1) is 17.2 Å². The molecule has 21 heavy (non-hydrogen) atoms. The Morgan fingerprint density at radius 2 is 1.90 bits per heavy atom. The van der Waals surface area contributed by atoms with Gasteiger partial charge >= 0.3 is 0 Å². The van der Waals surface area contributed by atoms with E-state index in [1.807, 2.05) is 6.92 Å². The zero-order valence-corrected chi connectivity index (χ0v) is 13.9. The van der Waals surface area contributed by atoms with E-state index in [-0.39, 0.29) is 23.1 Å². The number of halogens is 1. The van der Waals surface area contributed by atoms with Crippen molar-refractivity contribution in [2.45, 2.75) is 18.2 Å². The minimum absolute atomic E-state index is 0.0355. The van der Waals surface area contributed by atoms with E-state index in [9.17, 15) is 13.2 Å². The fraction of sp³-hybridized carbons (Fsp3) is 0.500. The molecule has 1 aromatic rings. The quantitative estimate of drug-likeness (QED) is 0.784. The highest BCUT2D eigenvalue weighted by Crippen LogP contribution is 2.15. The molecule has 0 heterocycles. The number of carbonyl (C=O) groups is 1. The molecule has 118 valence electrons. The highest BCUT2D eigenvalue weighted by Gasteiger charge is 2.16. The summed E-state index contributed by atoms with van der Waals surface area (Å²) in [6, 6.07) is 6.09. The minimum atomic E-state index is -3.36. The molecule has 0 saturated carbocycles. The molecule has 0 spiro atoms. The summed E-state index contributed by atoms with van der Waals surface area (Å²) in [6.45, 7) is 3.10. The fourth-order valence-corrected chi connectivity index (χ4v) is 3.14. The first-order valence-corrected chi connectivity index (χ1v) is 8.81. The zero-order valence-electron chi connectivity index (χ0n) is 12.3. The van der Waals surface area contributed by atoms with E-state index in [0.29, 0.717) is 18.1 Å². The molecule has 0 radical (unpaired) electrons. The lowest BCUT2D eigenvalue weighted by Gasteiger charge is -2.16. The van der Waals surface area contributed by atoms with Crippen LogP contribution in [0.25, 0.3) is 0 Å². The molecule has 1 N–H and O–H groups in total. The fourth-order valence-electron chi connectivity index (χ4n) is 1.68. The molecule has 0 atom stereocenters. The maximum atomic E-state index is 12.1. The predicted octanol–water partition coefficient (Wildman–Crippen LogP) is 1.57. The van der Waals surface area contributed by atoms with Gasteiger partial charge in [-0.2, -0.15) is 0 Å². The van der Waals surface area contributed by atoms with Gasteiger partial charge in [-0.3, -0.25) is 9.69 Å². The lowest BCUT2D eigenvalue weighted by molar-refractivity contribution is -0.121. The molecule has 0 unspecified atom stereocenters. The Labute approximate surface area is 131 Å². The van der Waals surface area contributed by atoms with Crippen LogP contribution in [0.15, 0.2) is 29.2 Å². The van der Waals surface area contributed by atoms with E-state index in [1.165, 1.54) is 12.1 Å². The van der Waals surface area contributed by atoms with Crippen molar-refractivity contribution in [2.75, 3.05) is 32.4 Å². The molecule has 0 aromatic heterocycles. The number of nitrogens with zero attached hydrogens (tertiary/aromatic N) is 1. The van der Waals surface area contributed by atoms with Gasteiger partial charge < -0.3 is 5.32 Å². The third-order valence-corrected chi connectivity index (χ3v) is 4.86. The molecule has 0 bridgehead atoms. The van der Waals surface area contributed by atoms with Gasteiger partial charge in [0.15, 0.2) is 9.84 Å². The molecule has 0 aliphatic carbocycles. The van der Waals surface area contributed by atoms with Crippen LogP contribution in [-0.2, 0) is 14.6 Å². The van der Waals surface area contributed by atoms with Crippen LogP contribution in [0.2, 0.25) is 5.02 Å². The van der Waals surface area contributed by atoms with Crippen LogP contribution in [-0.4, -0.2) is 51.7 Å². The van der Waals surface area contributed by atoms with Crippen molar-refractivity contribution >= 4 is 27.3 Å². The number of benzene rings is 1. The summed E-state index contributed by atoms with van der Waals surface area (Å²) in [5, 5.41) is 3.25. The number of hydrogen-bond donors (Lipinski definition) is 1. The summed E-state index contributed by atoms with van der Waals surface area (Å²) in [4.78, 5) is 13.5. The smallest absolute Gasteiger partial charge is 0.234 e. The Morgan fingerprint density at radius 3 is 2.48 bits per heavy atom. The Kier molecular flexibility index (Phi) is 7.14. The number of hydrogen-bond acceptors (Lipinski definition) is 4. The molecular formula is C14H21ClN2O3S. The zero-order chi connectivity index (χ0) is 15.9. The van der Waals surface area contributed by atoms with Gasteiger partial charge in [-0.05, 0) is 37.7 Å². The van der Waals surface area contributed by atoms with E-state index < -0.39 is 9.84 Å². The van der Waals surface area contributed by atoms with Crippen LogP contribution in [0.3, 0.4) is 0 Å². The van der Waals surface area contributed by atoms with E-state index >= 15 is 0 Å². The van der Waals surface area contributed by atoms with Gasteiger partial charge in [-0.25, -0.2) is 8.42 Å². The Bertz CT molecular complexity index is 558. The van der Waals surface area contributed by atoms with Crippen LogP contribution in [0.1, 0.15) is 13.3 Å². The van der Waals surface area contributed by atoms with Crippen LogP contribution >= 0.6 is 11.6 Å². The molecule has 0 fully saturated rings. The Hall–Kier alpha value is -1.11. The maximum Gasteiger partial charge on any atom is 0.234 e. The van der Waals surface area contributed by atoms with E-state index in [2.05, 4.69) is 5.32 Å². The standard InChI is InChI=1S/C14H21ClN2O3S/c1-3-8-16-14(18)11-17(2)9-10-21(19,20)13-6-4-12(15)5-7-13/h4-7H,3,8-11H2,1-2H3,(H,16,18). The first-order chi connectivity index (χ1) is 9.85. The van der Waals surface area contributed by atoms with Gasteiger partial charge in [-0.1, -0.05) is 18.5 Å². The van der Waals surface area contributed by atoms with Gasteiger partial charge in [-0.15, -0.1) is 0 Å². The highest BCUT2D eigenvalue weighted by atomic mass is 35.5. The van der Waals surface area contributed by atoms with Gasteiger partial charge in [0.1, 0.15) is 0 Å². The average molecular weight is 333 g/mol. The highest BCUT2D eigenvalue weighted by molar-refractivity contribution is 7.91. The van der Waals surface area contributed by atoms with Crippen molar-refractivity contribution in [2.24, 2.45) is 0 Å². The Morgan fingerprint density at radius 1 is 1.29 bits per heavy atom. The monoisotopic (exact) mass is 332 g/mol. The summed E-state index contributed by atoms with van der Waals surface area (Å²) in [5.41, 5.74) is 0. The van der Waals surface area contributed by atoms with Crippen LogP contribution < -0.4 is 5.32 Å². The molecule has 0 saturated heterocycles. The third-order valence-electron chi connectivity index (χ3n) is 2.90. The van der Waals surface area contributed by atoms with Crippen molar-refractivity contribution in [1.29, 1.82) is 0 Å². The van der Waals surface area contributed by atoms with Gasteiger partial charge in [0, 0.05) is 18.1 Å². The molecule has 1 aromatic carbocycles. The number of likely N-dealkylation sites (N-methyl/N-ethyl adjacent to an activating group) is 1. The summed E-state index contributed by atoms with van der Waals surface area (Å²) in [7, 11) is -1.63. The first kappa shape index (κ1) is 17.9. The Balaban J connectivity index is 2.49. The molecule has 0 aliphatic heterocycles. The molecule has 5 nitrogen and oxygen atoms in total. The van der Waals surface area contributed by atoms with E-state index in [1.54, 1.807) is 24.1 Å². The molecule has 0 aliphatic rings. The summed E-state index contributed by atoms with van der Waals surface area (Å²) in [5.74, 6) is -0.130. The number of rotatable bonds is 8. The largest absolute Gasteiger partial charge is 0.355 e. The number of carbonyl (C=O) groups excluding carboxylic acids is 1. The second-order valence-corrected chi connectivity index (χ2v) is 7.41. The molecular weight excluding hydrogens is 312 g/mol. The van der Waals surface area contributed by atoms with Crippen LogP contribution in [0.4, 0.5) is 0 Å². The van der Waals surface area contributed by atoms with Gasteiger partial charge in [0.2, 0.25) is 5.91 Å². The van der Waals surface area contributed by atoms with Crippen LogP contribution in [0, 0.1) is 0 Å². The second kappa shape index (κ2) is 8.36.